The molecule has 0 amide bonds. The molecular weight excluding hydrogens is 270 g/mol. The first kappa shape index (κ1) is 14.0. The van der Waals surface area contributed by atoms with Gasteiger partial charge < -0.3 is 15.2 Å². The van der Waals surface area contributed by atoms with Crippen LogP contribution in [0.5, 0.6) is 5.88 Å². The minimum absolute atomic E-state index is 0.461. The molecule has 0 unspecified atom stereocenters. The number of rotatable bonds is 5. The lowest BCUT2D eigenvalue weighted by Gasteiger charge is -2.26. The average molecular weight is 291 g/mol. The highest BCUT2D eigenvalue weighted by Gasteiger charge is 2.11. The second-order valence-corrected chi connectivity index (χ2v) is 5.11. The molecule has 7 nitrogen and oxygen atoms in total. The lowest BCUT2D eigenvalue weighted by Crippen LogP contribution is -2.38. The number of nitrogens with two attached hydrogens (primary N) is 1. The summed E-state index contributed by atoms with van der Waals surface area (Å²) in [5, 5.41) is 0. The van der Waals surface area contributed by atoms with Crippen molar-refractivity contribution in [1.29, 1.82) is 0 Å². The first-order valence-electron chi connectivity index (χ1n) is 7.13. The number of pyridine rings is 1. The zero-order chi connectivity index (χ0) is 14.7. The first-order valence-corrected chi connectivity index (χ1v) is 7.13. The van der Waals surface area contributed by atoms with E-state index in [0.717, 1.165) is 38.5 Å². The van der Waals surface area contributed by atoms with Crippen LogP contribution in [0.1, 0.15) is 0 Å². The number of hydrogen-bond acceptors (Lipinski definition) is 5. The third kappa shape index (κ3) is 3.37. The maximum atomic E-state index is 5.85. The van der Waals surface area contributed by atoms with Gasteiger partial charge in [0.1, 0.15) is 12.4 Å². The number of nitrogen functional groups attached to an aromatic ring is 1. The van der Waals surface area contributed by atoms with Crippen LogP contribution in [0.3, 0.4) is 0 Å². The van der Waals surface area contributed by atoms with Crippen molar-refractivity contribution in [3.05, 3.63) is 24.5 Å². The van der Waals surface area contributed by atoms with E-state index in [9.17, 15) is 0 Å². The monoisotopic (exact) mass is 291 g/mol. The van der Waals surface area contributed by atoms with Gasteiger partial charge in [0.2, 0.25) is 5.88 Å². The van der Waals surface area contributed by atoms with Crippen molar-refractivity contribution in [2.45, 2.75) is 0 Å². The SMILES string of the molecule is Cn1ccn1-c1cc(N)nc(OCCN2CCOCC2)c1. The van der Waals surface area contributed by atoms with Crippen molar-refractivity contribution < 1.29 is 9.47 Å². The zero-order valence-electron chi connectivity index (χ0n) is 12.2. The van der Waals surface area contributed by atoms with E-state index in [1.54, 1.807) is 0 Å². The lowest BCUT2D eigenvalue weighted by molar-refractivity contribution is 0.0320. The van der Waals surface area contributed by atoms with Gasteiger partial charge in [-0.15, -0.1) is 0 Å². The number of ether oxygens (including phenoxy) is 2. The van der Waals surface area contributed by atoms with Crippen molar-refractivity contribution in [2.75, 3.05) is 45.2 Å². The second kappa shape index (κ2) is 6.19. The predicted molar refractivity (Wildman–Crippen MR) is 79.7 cm³/mol. The molecule has 2 aromatic heterocycles. The highest BCUT2D eigenvalue weighted by atomic mass is 16.5. The van der Waals surface area contributed by atoms with Gasteiger partial charge in [-0.3, -0.25) is 14.3 Å². The summed E-state index contributed by atoms with van der Waals surface area (Å²) < 4.78 is 15.0. The van der Waals surface area contributed by atoms with Crippen LogP contribution >= 0.6 is 0 Å². The summed E-state index contributed by atoms with van der Waals surface area (Å²) in [5.74, 6) is 1.02. The Hall–Kier alpha value is -1.99. The van der Waals surface area contributed by atoms with Crippen molar-refractivity contribution in [3.8, 4) is 11.6 Å². The lowest BCUT2D eigenvalue weighted by atomic mass is 10.3. The summed E-state index contributed by atoms with van der Waals surface area (Å²) >= 11 is 0. The fourth-order valence-corrected chi connectivity index (χ4v) is 2.36. The third-order valence-electron chi connectivity index (χ3n) is 3.60. The number of nitrogens with zero attached hydrogens (tertiary/aromatic N) is 4. The molecule has 2 aromatic rings. The second-order valence-electron chi connectivity index (χ2n) is 5.11. The van der Waals surface area contributed by atoms with E-state index in [-0.39, 0.29) is 0 Å². The minimum atomic E-state index is 0.461. The smallest absolute Gasteiger partial charge is 0.217 e. The van der Waals surface area contributed by atoms with Crippen LogP contribution in [-0.2, 0) is 11.8 Å². The molecule has 114 valence electrons. The Morgan fingerprint density at radius 2 is 2.10 bits per heavy atom. The molecule has 3 rings (SSSR count). The average Bonchev–Trinajstić information content (AvgIpc) is 2.46. The van der Waals surface area contributed by atoms with E-state index >= 15 is 0 Å². The number of aryl methyl sites for hydroxylation is 1. The molecule has 0 radical (unpaired) electrons. The van der Waals surface area contributed by atoms with E-state index in [1.807, 2.05) is 40.9 Å². The zero-order valence-corrected chi connectivity index (χ0v) is 12.2. The van der Waals surface area contributed by atoms with Gasteiger partial charge in [-0.1, -0.05) is 0 Å². The molecule has 1 aliphatic heterocycles. The molecule has 0 aromatic carbocycles. The van der Waals surface area contributed by atoms with Crippen molar-refractivity contribution in [2.24, 2.45) is 7.05 Å². The molecule has 3 heterocycles. The Kier molecular flexibility index (Phi) is 4.12. The third-order valence-corrected chi connectivity index (χ3v) is 3.60. The Morgan fingerprint density at radius 3 is 2.76 bits per heavy atom. The molecule has 0 bridgehead atoms. The molecule has 0 atom stereocenters. The van der Waals surface area contributed by atoms with E-state index in [0.29, 0.717) is 18.3 Å². The van der Waals surface area contributed by atoms with E-state index in [1.165, 1.54) is 0 Å². The van der Waals surface area contributed by atoms with E-state index in [2.05, 4.69) is 9.88 Å². The first-order chi connectivity index (χ1) is 10.2. The largest absolute Gasteiger partial charge is 0.476 e. The fourth-order valence-electron chi connectivity index (χ4n) is 2.36. The number of anilines is 1. The van der Waals surface area contributed by atoms with Crippen molar-refractivity contribution in [1.82, 2.24) is 19.2 Å². The molecule has 2 N–H and O–H groups in total. The van der Waals surface area contributed by atoms with Gasteiger partial charge in [0.25, 0.3) is 0 Å². The molecule has 21 heavy (non-hydrogen) atoms. The van der Waals surface area contributed by atoms with Crippen LogP contribution in [0.4, 0.5) is 5.82 Å². The summed E-state index contributed by atoms with van der Waals surface area (Å²) in [6.45, 7) is 4.99. The highest BCUT2D eigenvalue weighted by Crippen LogP contribution is 2.18. The quantitative estimate of drug-likeness (QED) is 0.869. The molecule has 1 saturated heterocycles. The Bertz CT molecular complexity index is 586. The molecule has 1 aliphatic rings. The van der Waals surface area contributed by atoms with Gasteiger partial charge >= 0.3 is 0 Å². The van der Waals surface area contributed by atoms with Crippen LogP contribution in [0, 0.1) is 0 Å². The van der Waals surface area contributed by atoms with E-state index in [4.69, 9.17) is 15.2 Å². The topological polar surface area (TPSA) is 70.5 Å². The Morgan fingerprint density at radius 1 is 1.29 bits per heavy atom. The summed E-state index contributed by atoms with van der Waals surface area (Å²) in [6.07, 6.45) is 3.93. The predicted octanol–water partition coefficient (Wildman–Crippen LogP) is 0.504. The molecule has 0 saturated carbocycles. The van der Waals surface area contributed by atoms with Gasteiger partial charge in [0, 0.05) is 51.2 Å². The summed E-state index contributed by atoms with van der Waals surface area (Å²) in [5.41, 5.74) is 6.80. The van der Waals surface area contributed by atoms with Crippen LogP contribution in [0.15, 0.2) is 24.5 Å². The normalized spacial score (nSPS) is 16.2. The van der Waals surface area contributed by atoms with E-state index < -0.39 is 0 Å². The van der Waals surface area contributed by atoms with Gasteiger partial charge in [-0.25, -0.2) is 0 Å². The van der Waals surface area contributed by atoms with Crippen LogP contribution in [0.25, 0.3) is 5.69 Å². The number of aromatic nitrogens is 3. The van der Waals surface area contributed by atoms with Crippen LogP contribution < -0.4 is 10.5 Å². The van der Waals surface area contributed by atoms with Crippen LogP contribution in [0.2, 0.25) is 0 Å². The molecule has 1 fully saturated rings. The van der Waals surface area contributed by atoms with Crippen molar-refractivity contribution in [3.63, 3.8) is 0 Å². The Balaban J connectivity index is 1.59. The Labute approximate surface area is 123 Å². The standard InChI is InChI=1S/C14H21N5O2/c1-17-2-3-19(17)12-10-13(15)16-14(11-12)21-9-6-18-4-7-20-8-5-18/h2-3,10-11H,4-9H2,1H3,(H2,15,16). The van der Waals surface area contributed by atoms with Gasteiger partial charge in [-0.05, 0) is 0 Å². The molecule has 7 heteroatoms. The van der Waals surface area contributed by atoms with Crippen LogP contribution in [-0.4, -0.2) is 58.7 Å². The van der Waals surface area contributed by atoms with Crippen molar-refractivity contribution >= 4 is 5.82 Å². The number of morpholine rings is 1. The highest BCUT2D eigenvalue weighted by molar-refractivity contribution is 5.45. The fraction of sp³-hybridized carbons (Fsp3) is 0.500. The molecule has 0 spiro atoms. The van der Waals surface area contributed by atoms with Gasteiger partial charge in [0.05, 0.1) is 18.9 Å². The summed E-state index contributed by atoms with van der Waals surface area (Å²) in [6, 6.07) is 3.73. The summed E-state index contributed by atoms with van der Waals surface area (Å²) in [4.78, 5) is 6.55. The van der Waals surface area contributed by atoms with Gasteiger partial charge in [-0.2, -0.15) is 4.98 Å². The minimum Gasteiger partial charge on any atom is -0.476 e. The number of hydrogen-bond donors (Lipinski definition) is 1. The maximum Gasteiger partial charge on any atom is 0.217 e. The molecular formula is C14H21N5O2. The summed E-state index contributed by atoms with van der Waals surface area (Å²) in [7, 11) is 1.97. The maximum absolute atomic E-state index is 5.85. The van der Waals surface area contributed by atoms with Gasteiger partial charge in [0.15, 0.2) is 0 Å². The molecule has 0 aliphatic carbocycles.